The van der Waals surface area contributed by atoms with Gasteiger partial charge in [-0.15, -0.1) is 0 Å². The average molecular weight is 520 g/mol. The molecule has 198 valence electrons. The number of carbonyl (C=O) groups is 2. The van der Waals surface area contributed by atoms with Crippen LogP contribution in [0.5, 0.6) is 0 Å². The van der Waals surface area contributed by atoms with Gasteiger partial charge in [-0.3, -0.25) is 13.9 Å². The third kappa shape index (κ3) is 8.93. The average Bonchev–Trinajstić information content (AvgIpc) is 2.83. The number of rotatable bonds is 14. The second-order valence-electron chi connectivity index (χ2n) is 9.28. The highest BCUT2D eigenvalue weighted by Crippen LogP contribution is 2.22. The Morgan fingerprint density at radius 2 is 1.64 bits per heavy atom. The molecule has 0 fully saturated rings. The standard InChI is InChI=1S/C27H38FN3O4S/c1-5-24(27(33)29-20-21(2)3)30(19-17-22-12-7-6-8-13-22)26(32)16-11-18-31(36(4,34)35)25-15-10-9-14-23(25)28/h6-10,12-15,21,24H,5,11,16-20H2,1-4H3,(H,29,33)/t24-/m1/s1. The second-order valence-corrected chi connectivity index (χ2v) is 11.2. The van der Waals surface area contributed by atoms with Gasteiger partial charge in [-0.05, 0) is 42.9 Å². The van der Waals surface area contributed by atoms with E-state index in [1.165, 1.54) is 18.2 Å². The van der Waals surface area contributed by atoms with Crippen LogP contribution in [-0.2, 0) is 26.0 Å². The molecule has 0 saturated heterocycles. The van der Waals surface area contributed by atoms with Crippen LogP contribution in [0.25, 0.3) is 0 Å². The Bertz CT molecular complexity index is 1090. The fourth-order valence-electron chi connectivity index (χ4n) is 3.95. The zero-order valence-corrected chi connectivity index (χ0v) is 22.4. The van der Waals surface area contributed by atoms with Gasteiger partial charge in [0.25, 0.3) is 0 Å². The van der Waals surface area contributed by atoms with Crippen molar-refractivity contribution in [2.45, 2.75) is 52.5 Å². The Balaban J connectivity index is 2.16. The van der Waals surface area contributed by atoms with Gasteiger partial charge in [0, 0.05) is 26.1 Å². The van der Waals surface area contributed by atoms with E-state index in [4.69, 9.17) is 0 Å². The molecule has 0 aliphatic carbocycles. The van der Waals surface area contributed by atoms with Crippen LogP contribution >= 0.6 is 0 Å². The number of anilines is 1. The van der Waals surface area contributed by atoms with Crippen molar-refractivity contribution >= 4 is 27.5 Å². The summed E-state index contributed by atoms with van der Waals surface area (Å²) in [5, 5.41) is 2.93. The number of hydrogen-bond acceptors (Lipinski definition) is 4. The smallest absolute Gasteiger partial charge is 0.242 e. The minimum Gasteiger partial charge on any atom is -0.354 e. The van der Waals surface area contributed by atoms with Crippen LogP contribution in [0.15, 0.2) is 54.6 Å². The zero-order valence-electron chi connectivity index (χ0n) is 21.6. The van der Waals surface area contributed by atoms with Crippen LogP contribution in [0.1, 0.15) is 45.6 Å². The molecule has 2 amide bonds. The molecular formula is C27H38FN3O4S. The molecule has 9 heteroatoms. The lowest BCUT2D eigenvalue weighted by molar-refractivity contribution is -0.140. The summed E-state index contributed by atoms with van der Waals surface area (Å²) in [4.78, 5) is 27.9. The number of benzene rings is 2. The highest BCUT2D eigenvalue weighted by atomic mass is 32.2. The van der Waals surface area contributed by atoms with E-state index in [1.54, 1.807) is 11.0 Å². The maximum Gasteiger partial charge on any atom is 0.242 e. The number of amides is 2. The van der Waals surface area contributed by atoms with Gasteiger partial charge in [-0.25, -0.2) is 12.8 Å². The number of carbonyl (C=O) groups excluding carboxylic acids is 2. The van der Waals surface area contributed by atoms with Crippen molar-refractivity contribution in [3.63, 3.8) is 0 Å². The number of nitrogens with zero attached hydrogens (tertiary/aromatic N) is 2. The molecule has 2 rings (SSSR count). The molecule has 1 N–H and O–H groups in total. The molecule has 7 nitrogen and oxygen atoms in total. The third-order valence-electron chi connectivity index (χ3n) is 5.83. The summed E-state index contributed by atoms with van der Waals surface area (Å²) in [6.45, 7) is 6.70. The second kappa shape index (κ2) is 14.0. The Morgan fingerprint density at radius 3 is 2.22 bits per heavy atom. The van der Waals surface area contributed by atoms with Crippen LogP contribution in [0.2, 0.25) is 0 Å². The first-order valence-corrected chi connectivity index (χ1v) is 14.2. The predicted molar refractivity (Wildman–Crippen MR) is 142 cm³/mol. The maximum absolute atomic E-state index is 14.3. The molecule has 0 aliphatic rings. The maximum atomic E-state index is 14.3. The van der Waals surface area contributed by atoms with E-state index < -0.39 is 21.9 Å². The van der Waals surface area contributed by atoms with E-state index in [2.05, 4.69) is 5.32 Å². The monoisotopic (exact) mass is 519 g/mol. The highest BCUT2D eigenvalue weighted by molar-refractivity contribution is 7.92. The first-order valence-electron chi connectivity index (χ1n) is 12.4. The zero-order chi connectivity index (χ0) is 26.7. The fourth-order valence-corrected chi connectivity index (χ4v) is 4.92. The highest BCUT2D eigenvalue weighted by Gasteiger charge is 2.28. The number of nitrogens with one attached hydrogen (secondary N) is 1. The van der Waals surface area contributed by atoms with Crippen LogP contribution in [0, 0.1) is 11.7 Å². The number of para-hydroxylation sites is 1. The van der Waals surface area contributed by atoms with Gasteiger partial charge in [0.2, 0.25) is 21.8 Å². The van der Waals surface area contributed by atoms with E-state index in [0.717, 1.165) is 16.1 Å². The Hall–Kier alpha value is -2.94. The molecule has 0 spiro atoms. The fraction of sp³-hybridized carbons (Fsp3) is 0.481. The summed E-state index contributed by atoms with van der Waals surface area (Å²) in [7, 11) is -3.75. The predicted octanol–water partition coefficient (Wildman–Crippen LogP) is 3.99. The van der Waals surface area contributed by atoms with Crippen molar-refractivity contribution in [3.05, 3.63) is 66.0 Å². The van der Waals surface area contributed by atoms with Crippen molar-refractivity contribution in [2.75, 3.05) is 30.2 Å². The molecule has 0 unspecified atom stereocenters. The van der Waals surface area contributed by atoms with Crippen LogP contribution < -0.4 is 9.62 Å². The third-order valence-corrected chi connectivity index (χ3v) is 7.01. The van der Waals surface area contributed by atoms with E-state index >= 15 is 0 Å². The molecule has 0 aromatic heterocycles. The Morgan fingerprint density at radius 1 is 1.00 bits per heavy atom. The van der Waals surface area contributed by atoms with Crippen LogP contribution in [0.4, 0.5) is 10.1 Å². The quantitative estimate of drug-likeness (QED) is 0.409. The molecule has 0 aliphatic heterocycles. The summed E-state index contributed by atoms with van der Waals surface area (Å²) in [5.74, 6) is -0.803. The van der Waals surface area contributed by atoms with E-state index in [9.17, 15) is 22.4 Å². The van der Waals surface area contributed by atoms with Crippen molar-refractivity contribution < 1.29 is 22.4 Å². The molecule has 0 saturated carbocycles. The minimum absolute atomic E-state index is 0.0310. The Labute approximate surface area is 214 Å². The van der Waals surface area contributed by atoms with Gasteiger partial charge in [0.1, 0.15) is 11.9 Å². The van der Waals surface area contributed by atoms with Crippen LogP contribution in [-0.4, -0.2) is 57.1 Å². The van der Waals surface area contributed by atoms with E-state index in [-0.39, 0.29) is 42.8 Å². The van der Waals surface area contributed by atoms with Crippen LogP contribution in [0.3, 0.4) is 0 Å². The summed E-state index contributed by atoms with van der Waals surface area (Å²) in [6.07, 6.45) is 2.27. The molecule has 36 heavy (non-hydrogen) atoms. The minimum atomic E-state index is -3.75. The van der Waals surface area contributed by atoms with Gasteiger partial charge < -0.3 is 10.2 Å². The van der Waals surface area contributed by atoms with Gasteiger partial charge in [-0.2, -0.15) is 0 Å². The first kappa shape index (κ1) is 29.3. The first-order chi connectivity index (χ1) is 17.0. The summed E-state index contributed by atoms with van der Waals surface area (Å²) in [6, 6.07) is 14.7. The SMILES string of the molecule is CC[C@H](C(=O)NCC(C)C)N(CCc1ccccc1)C(=O)CCCN(c1ccccc1F)S(C)(=O)=O. The summed E-state index contributed by atoms with van der Waals surface area (Å²) < 4.78 is 39.9. The van der Waals surface area contributed by atoms with E-state index in [0.29, 0.717) is 25.9 Å². The largest absolute Gasteiger partial charge is 0.354 e. The van der Waals surface area contributed by atoms with Gasteiger partial charge in [0.05, 0.1) is 11.9 Å². The molecule has 0 radical (unpaired) electrons. The summed E-state index contributed by atoms with van der Waals surface area (Å²) in [5.41, 5.74) is 1.00. The normalized spacial score (nSPS) is 12.3. The van der Waals surface area contributed by atoms with Crippen molar-refractivity contribution in [2.24, 2.45) is 5.92 Å². The number of halogens is 1. The molecule has 0 bridgehead atoms. The lowest BCUT2D eigenvalue weighted by Gasteiger charge is -2.31. The summed E-state index contributed by atoms with van der Waals surface area (Å²) >= 11 is 0. The molecule has 1 atom stereocenters. The van der Waals surface area contributed by atoms with Crippen molar-refractivity contribution in [3.8, 4) is 0 Å². The lowest BCUT2D eigenvalue weighted by Crippen LogP contribution is -2.50. The van der Waals surface area contributed by atoms with Gasteiger partial charge in [-0.1, -0.05) is 63.2 Å². The van der Waals surface area contributed by atoms with Crippen molar-refractivity contribution in [1.29, 1.82) is 0 Å². The van der Waals surface area contributed by atoms with Gasteiger partial charge in [0.15, 0.2) is 0 Å². The molecular weight excluding hydrogens is 481 g/mol. The molecule has 2 aromatic carbocycles. The topological polar surface area (TPSA) is 86.8 Å². The molecule has 0 heterocycles. The number of sulfonamides is 1. The number of hydrogen-bond donors (Lipinski definition) is 1. The Kier molecular flexibility index (Phi) is 11.4. The van der Waals surface area contributed by atoms with Crippen molar-refractivity contribution in [1.82, 2.24) is 10.2 Å². The van der Waals surface area contributed by atoms with Gasteiger partial charge >= 0.3 is 0 Å². The van der Waals surface area contributed by atoms with E-state index in [1.807, 2.05) is 51.1 Å². The molecule has 2 aromatic rings. The lowest BCUT2D eigenvalue weighted by atomic mass is 10.1.